The van der Waals surface area contributed by atoms with Crippen molar-refractivity contribution in [3.63, 3.8) is 0 Å². The number of aryl methyl sites for hydroxylation is 1. The molecule has 0 saturated heterocycles. The van der Waals surface area contributed by atoms with E-state index in [1.165, 1.54) is 31.7 Å². The smallest absolute Gasteiger partial charge is 0.129 e. The average Bonchev–Trinajstić information content (AvgIpc) is 2.94. The molecule has 3 heteroatoms. The highest BCUT2D eigenvalue weighted by atomic mass is 19.1. The minimum atomic E-state index is -0.175. The molecule has 2 saturated carbocycles. The molecule has 2 aliphatic carbocycles. The molecule has 0 amide bonds. The molecule has 20 heavy (non-hydrogen) atoms. The Hall–Kier alpha value is -1.09. The molecule has 1 N–H and O–H groups in total. The second-order valence-electron chi connectivity index (χ2n) is 6.30. The van der Waals surface area contributed by atoms with Gasteiger partial charge in [0.1, 0.15) is 17.7 Å². The van der Waals surface area contributed by atoms with Gasteiger partial charge in [-0.25, -0.2) is 4.39 Å². The van der Waals surface area contributed by atoms with E-state index in [1.807, 2.05) is 6.07 Å². The van der Waals surface area contributed by atoms with E-state index in [-0.39, 0.29) is 17.3 Å². The van der Waals surface area contributed by atoms with E-state index in [9.17, 15) is 4.39 Å². The summed E-state index contributed by atoms with van der Waals surface area (Å²) in [5.41, 5.74) is 0.962. The molecule has 2 nitrogen and oxygen atoms in total. The fourth-order valence-corrected chi connectivity index (χ4v) is 3.96. The quantitative estimate of drug-likeness (QED) is 0.903. The molecule has 0 aliphatic heterocycles. The van der Waals surface area contributed by atoms with Gasteiger partial charge in [-0.3, -0.25) is 0 Å². The molecule has 1 aromatic carbocycles. The summed E-state index contributed by atoms with van der Waals surface area (Å²) in [4.78, 5) is 0. The van der Waals surface area contributed by atoms with Crippen LogP contribution in [-0.2, 0) is 0 Å². The van der Waals surface area contributed by atoms with E-state index in [0.717, 1.165) is 13.0 Å². The lowest BCUT2D eigenvalue weighted by Crippen LogP contribution is -2.63. The van der Waals surface area contributed by atoms with Gasteiger partial charge >= 0.3 is 0 Å². The van der Waals surface area contributed by atoms with Crippen LogP contribution >= 0.6 is 0 Å². The molecule has 2 atom stereocenters. The number of hydrogen-bond donors (Lipinski definition) is 1. The van der Waals surface area contributed by atoms with Crippen LogP contribution in [0, 0.1) is 18.2 Å². The summed E-state index contributed by atoms with van der Waals surface area (Å²) in [6.07, 6.45) is 6.36. The summed E-state index contributed by atoms with van der Waals surface area (Å²) in [5.74, 6) is 0.504. The Morgan fingerprint density at radius 1 is 1.35 bits per heavy atom. The first-order valence-electron chi connectivity index (χ1n) is 7.82. The number of hydrogen-bond acceptors (Lipinski definition) is 2. The molecule has 0 radical (unpaired) electrons. The van der Waals surface area contributed by atoms with Crippen molar-refractivity contribution in [3.05, 3.63) is 29.6 Å². The Labute approximate surface area is 120 Å². The van der Waals surface area contributed by atoms with Crippen LogP contribution in [0.3, 0.4) is 0 Å². The summed E-state index contributed by atoms with van der Waals surface area (Å²) in [6, 6.07) is 5.79. The maximum Gasteiger partial charge on any atom is 0.129 e. The topological polar surface area (TPSA) is 21.3 Å². The second kappa shape index (κ2) is 5.36. The molecule has 1 spiro atoms. The molecular formula is C17H24FNO. The van der Waals surface area contributed by atoms with Crippen molar-refractivity contribution < 1.29 is 9.13 Å². The third-order valence-electron chi connectivity index (χ3n) is 5.19. The van der Waals surface area contributed by atoms with Crippen molar-refractivity contribution in [2.24, 2.45) is 5.41 Å². The predicted molar refractivity (Wildman–Crippen MR) is 78.5 cm³/mol. The van der Waals surface area contributed by atoms with E-state index in [2.05, 4.69) is 12.2 Å². The van der Waals surface area contributed by atoms with Gasteiger partial charge in [0, 0.05) is 23.9 Å². The SMILES string of the molecule is CCNC1CC(Oc2ccc(C)c(F)c2)C12CCCC2. The fourth-order valence-electron chi connectivity index (χ4n) is 3.96. The van der Waals surface area contributed by atoms with E-state index in [4.69, 9.17) is 4.74 Å². The van der Waals surface area contributed by atoms with Crippen molar-refractivity contribution in [2.45, 2.75) is 58.1 Å². The van der Waals surface area contributed by atoms with Crippen molar-refractivity contribution in [1.82, 2.24) is 5.32 Å². The number of ether oxygens (including phenoxy) is 1. The van der Waals surface area contributed by atoms with Crippen LogP contribution in [0.4, 0.5) is 4.39 Å². The first-order valence-corrected chi connectivity index (χ1v) is 7.82. The van der Waals surface area contributed by atoms with Crippen LogP contribution in [0.2, 0.25) is 0 Å². The van der Waals surface area contributed by atoms with Crippen LogP contribution in [-0.4, -0.2) is 18.7 Å². The maximum atomic E-state index is 13.6. The van der Waals surface area contributed by atoms with Gasteiger partial charge in [0.05, 0.1) is 0 Å². The van der Waals surface area contributed by atoms with Crippen molar-refractivity contribution in [3.8, 4) is 5.75 Å². The van der Waals surface area contributed by atoms with E-state index in [0.29, 0.717) is 17.4 Å². The Bertz CT molecular complexity index is 482. The zero-order chi connectivity index (χ0) is 14.2. The van der Waals surface area contributed by atoms with E-state index in [1.54, 1.807) is 13.0 Å². The molecule has 0 bridgehead atoms. The van der Waals surface area contributed by atoms with Gasteiger partial charge in [-0.1, -0.05) is 25.8 Å². The average molecular weight is 277 g/mol. The van der Waals surface area contributed by atoms with Gasteiger partial charge < -0.3 is 10.1 Å². The first-order chi connectivity index (χ1) is 9.65. The minimum Gasteiger partial charge on any atom is -0.490 e. The standard InChI is InChI=1S/C17H24FNO/c1-3-19-15-11-16(17(15)8-4-5-9-17)20-13-7-6-12(2)14(18)10-13/h6-7,10,15-16,19H,3-5,8-9,11H2,1-2H3. The van der Waals surface area contributed by atoms with E-state index >= 15 is 0 Å². The van der Waals surface area contributed by atoms with Gasteiger partial charge in [0.15, 0.2) is 0 Å². The molecule has 110 valence electrons. The van der Waals surface area contributed by atoms with Crippen LogP contribution in [0.5, 0.6) is 5.75 Å². The summed E-state index contributed by atoms with van der Waals surface area (Å²) < 4.78 is 19.7. The van der Waals surface area contributed by atoms with Gasteiger partial charge in [0.25, 0.3) is 0 Å². The molecule has 3 rings (SSSR count). The Morgan fingerprint density at radius 2 is 2.10 bits per heavy atom. The molecule has 2 unspecified atom stereocenters. The van der Waals surface area contributed by atoms with Crippen molar-refractivity contribution in [1.29, 1.82) is 0 Å². The van der Waals surface area contributed by atoms with Gasteiger partial charge in [-0.05, 0) is 37.9 Å². The normalized spacial score (nSPS) is 27.6. The largest absolute Gasteiger partial charge is 0.490 e. The maximum absolute atomic E-state index is 13.6. The second-order valence-corrected chi connectivity index (χ2v) is 6.30. The lowest BCUT2D eigenvalue weighted by molar-refractivity contribution is -0.0756. The number of halogens is 1. The zero-order valence-corrected chi connectivity index (χ0v) is 12.4. The molecule has 0 aromatic heterocycles. The molecule has 0 heterocycles. The summed E-state index contributed by atoms with van der Waals surface area (Å²) >= 11 is 0. The lowest BCUT2D eigenvalue weighted by Gasteiger charge is -2.54. The van der Waals surface area contributed by atoms with Gasteiger partial charge in [-0.15, -0.1) is 0 Å². The number of nitrogens with one attached hydrogen (secondary N) is 1. The summed E-state index contributed by atoms with van der Waals surface area (Å²) in [7, 11) is 0. The van der Waals surface area contributed by atoms with Gasteiger partial charge in [0.2, 0.25) is 0 Å². The molecule has 2 fully saturated rings. The van der Waals surface area contributed by atoms with Crippen molar-refractivity contribution >= 4 is 0 Å². The first kappa shape index (κ1) is 13.9. The molecule has 1 aromatic rings. The van der Waals surface area contributed by atoms with Crippen LogP contribution in [0.1, 0.15) is 44.6 Å². The lowest BCUT2D eigenvalue weighted by atomic mass is 9.60. The number of benzene rings is 1. The zero-order valence-electron chi connectivity index (χ0n) is 12.4. The third kappa shape index (κ3) is 2.22. The highest BCUT2D eigenvalue weighted by Crippen LogP contribution is 2.54. The van der Waals surface area contributed by atoms with Crippen LogP contribution in [0.15, 0.2) is 18.2 Å². The third-order valence-corrected chi connectivity index (χ3v) is 5.19. The molecular weight excluding hydrogens is 253 g/mol. The summed E-state index contributed by atoms with van der Waals surface area (Å²) in [5, 5.41) is 3.60. The highest BCUT2D eigenvalue weighted by Gasteiger charge is 2.57. The van der Waals surface area contributed by atoms with E-state index < -0.39 is 0 Å². The van der Waals surface area contributed by atoms with Crippen LogP contribution < -0.4 is 10.1 Å². The summed E-state index contributed by atoms with van der Waals surface area (Å²) in [6.45, 7) is 4.95. The molecule has 2 aliphatic rings. The fraction of sp³-hybridized carbons (Fsp3) is 0.647. The Morgan fingerprint density at radius 3 is 2.75 bits per heavy atom. The highest BCUT2D eigenvalue weighted by molar-refractivity contribution is 5.29. The Kier molecular flexibility index (Phi) is 3.72. The van der Waals surface area contributed by atoms with Crippen LogP contribution in [0.25, 0.3) is 0 Å². The Balaban J connectivity index is 1.72. The minimum absolute atomic E-state index is 0.175. The van der Waals surface area contributed by atoms with Gasteiger partial charge in [-0.2, -0.15) is 0 Å². The predicted octanol–water partition coefficient (Wildman–Crippen LogP) is 3.82. The van der Waals surface area contributed by atoms with Crippen molar-refractivity contribution in [2.75, 3.05) is 6.54 Å². The number of rotatable bonds is 4. The monoisotopic (exact) mass is 277 g/mol.